The van der Waals surface area contributed by atoms with Crippen LogP contribution in [0.3, 0.4) is 0 Å². The lowest BCUT2D eigenvalue weighted by Crippen LogP contribution is -2.44. The standard InChI is InChI=1S/C17H18N5O10P/c18-15-8-16(20-4-19-15)22(5-21-8)17-12(27)11(26)13(31-17)14(32-33(28,29)30)10(25)6-2-1-3-7(23)9(6)24/h1-5,11-14,17,23-24,26-27H,(H2,18,19,20)(H2,28,29,30)/t11-,12+,13-,14?,17+/m0/s1. The molecule has 16 heteroatoms. The van der Waals surface area contributed by atoms with Gasteiger partial charge in [0, 0.05) is 0 Å². The Balaban J connectivity index is 1.73. The molecule has 15 nitrogen and oxygen atoms in total. The summed E-state index contributed by atoms with van der Waals surface area (Å²) in [6.45, 7) is 0. The number of phosphoric acid groups is 1. The lowest BCUT2D eigenvalue weighted by atomic mass is 9.97. The number of hydrogen-bond donors (Lipinski definition) is 7. The van der Waals surface area contributed by atoms with Crippen molar-refractivity contribution < 1.29 is 48.8 Å². The number of aromatic nitrogens is 4. The van der Waals surface area contributed by atoms with E-state index in [0.717, 1.165) is 18.5 Å². The van der Waals surface area contributed by atoms with Gasteiger partial charge in [0.1, 0.15) is 30.2 Å². The van der Waals surface area contributed by atoms with E-state index < -0.39 is 61.3 Å². The molecule has 0 spiro atoms. The normalized spacial score (nSPS) is 24.2. The molecule has 0 saturated carbocycles. The van der Waals surface area contributed by atoms with E-state index in [0.29, 0.717) is 0 Å². The highest BCUT2D eigenvalue weighted by molar-refractivity contribution is 7.46. The molecule has 33 heavy (non-hydrogen) atoms. The minimum atomic E-state index is -5.34. The minimum absolute atomic E-state index is 0.0283. The van der Waals surface area contributed by atoms with Gasteiger partial charge in [-0.05, 0) is 12.1 Å². The summed E-state index contributed by atoms with van der Waals surface area (Å²) in [6, 6.07) is 3.33. The number of anilines is 1. The van der Waals surface area contributed by atoms with E-state index in [1.54, 1.807) is 0 Å². The summed E-state index contributed by atoms with van der Waals surface area (Å²) in [5.41, 5.74) is 5.45. The van der Waals surface area contributed by atoms with Crippen LogP contribution in [0.4, 0.5) is 5.82 Å². The fraction of sp³-hybridized carbons (Fsp3) is 0.294. The molecule has 176 valence electrons. The zero-order valence-corrected chi connectivity index (χ0v) is 17.3. The van der Waals surface area contributed by atoms with Crippen LogP contribution in [-0.4, -0.2) is 79.9 Å². The molecular formula is C17H18N5O10P. The van der Waals surface area contributed by atoms with Crippen molar-refractivity contribution in [3.05, 3.63) is 36.4 Å². The van der Waals surface area contributed by atoms with Gasteiger partial charge in [-0.15, -0.1) is 0 Å². The number of carbonyl (C=O) groups excluding carboxylic acids is 1. The molecule has 0 amide bonds. The Hall–Kier alpha value is -3.17. The second-order valence-electron chi connectivity index (χ2n) is 7.11. The highest BCUT2D eigenvalue weighted by Gasteiger charge is 2.52. The van der Waals surface area contributed by atoms with E-state index in [-0.39, 0.29) is 17.0 Å². The van der Waals surface area contributed by atoms with Gasteiger partial charge in [-0.2, -0.15) is 0 Å². The van der Waals surface area contributed by atoms with Gasteiger partial charge in [-0.3, -0.25) is 13.9 Å². The highest BCUT2D eigenvalue weighted by Crippen LogP contribution is 2.44. The van der Waals surface area contributed by atoms with Crippen molar-refractivity contribution in [1.82, 2.24) is 19.5 Å². The average molecular weight is 483 g/mol. The number of nitrogen functional groups attached to an aromatic ring is 1. The summed E-state index contributed by atoms with van der Waals surface area (Å²) in [4.78, 5) is 43.4. The SMILES string of the molecule is Nc1ncnc2c1ncn2[C@@H]1O[C@H](C(OP(=O)(O)O)C(=O)c2cccc(O)c2O)[C@@H](O)[C@H]1O. The minimum Gasteiger partial charge on any atom is -0.504 e. The Bertz CT molecular complexity index is 1260. The van der Waals surface area contributed by atoms with Crippen LogP contribution < -0.4 is 5.73 Å². The number of phenols is 2. The number of ether oxygens (including phenoxy) is 1. The van der Waals surface area contributed by atoms with Gasteiger partial charge < -0.3 is 40.7 Å². The van der Waals surface area contributed by atoms with E-state index in [1.807, 2.05) is 0 Å². The Labute approximate surface area is 183 Å². The van der Waals surface area contributed by atoms with E-state index >= 15 is 0 Å². The first-order valence-corrected chi connectivity index (χ1v) is 10.8. The molecule has 1 saturated heterocycles. The van der Waals surface area contributed by atoms with E-state index in [9.17, 15) is 39.6 Å². The molecule has 3 aromatic rings. The van der Waals surface area contributed by atoms with E-state index in [2.05, 4.69) is 19.5 Å². The molecule has 1 aromatic carbocycles. The number of nitrogens with zero attached hydrogens (tertiary/aromatic N) is 4. The lowest BCUT2D eigenvalue weighted by Gasteiger charge is -2.25. The average Bonchev–Trinajstić information content (AvgIpc) is 3.30. The fourth-order valence-corrected chi connectivity index (χ4v) is 4.02. The van der Waals surface area contributed by atoms with Crippen molar-refractivity contribution >= 4 is 30.6 Å². The molecule has 0 bridgehead atoms. The molecule has 3 heterocycles. The number of phenolic OH excluding ortho intramolecular Hbond substituents is 2. The molecular weight excluding hydrogens is 465 g/mol. The van der Waals surface area contributed by atoms with Crippen molar-refractivity contribution in [2.24, 2.45) is 0 Å². The number of aromatic hydroxyl groups is 2. The number of nitrogens with two attached hydrogens (primary N) is 1. The predicted octanol–water partition coefficient (Wildman–Crippen LogP) is -1.20. The molecule has 4 rings (SSSR count). The van der Waals surface area contributed by atoms with Crippen LogP contribution in [0, 0.1) is 0 Å². The summed E-state index contributed by atoms with van der Waals surface area (Å²) >= 11 is 0. The smallest absolute Gasteiger partial charge is 0.470 e. The molecule has 2 aromatic heterocycles. The number of carbonyl (C=O) groups is 1. The van der Waals surface area contributed by atoms with Crippen LogP contribution in [0.15, 0.2) is 30.9 Å². The van der Waals surface area contributed by atoms with Crippen LogP contribution in [0.25, 0.3) is 11.2 Å². The first kappa shape index (κ1) is 23.0. The second-order valence-corrected chi connectivity index (χ2v) is 8.30. The van der Waals surface area contributed by atoms with E-state index in [4.69, 9.17) is 10.5 Å². The third kappa shape index (κ3) is 4.14. The Morgan fingerprint density at radius 3 is 2.61 bits per heavy atom. The number of benzene rings is 1. The maximum Gasteiger partial charge on any atom is 0.470 e. The summed E-state index contributed by atoms with van der Waals surface area (Å²) < 4.78 is 22.9. The number of rotatable bonds is 6. The van der Waals surface area contributed by atoms with Crippen molar-refractivity contribution in [2.75, 3.05) is 5.73 Å². The van der Waals surface area contributed by atoms with Crippen LogP contribution in [-0.2, 0) is 13.8 Å². The number of Topliss-reactive ketones (excluding diaryl/α,β-unsaturated/α-hetero) is 1. The van der Waals surface area contributed by atoms with Crippen LogP contribution in [0.2, 0.25) is 0 Å². The highest BCUT2D eigenvalue weighted by atomic mass is 31.2. The summed E-state index contributed by atoms with van der Waals surface area (Å²) in [5.74, 6) is -2.76. The monoisotopic (exact) mass is 483 g/mol. The van der Waals surface area contributed by atoms with Crippen LogP contribution in [0.1, 0.15) is 16.6 Å². The van der Waals surface area contributed by atoms with Crippen molar-refractivity contribution in [3.8, 4) is 11.5 Å². The lowest BCUT2D eigenvalue weighted by molar-refractivity contribution is -0.0710. The van der Waals surface area contributed by atoms with Crippen molar-refractivity contribution in [3.63, 3.8) is 0 Å². The van der Waals surface area contributed by atoms with Gasteiger partial charge in [0.2, 0.25) is 0 Å². The number of aliphatic hydroxyl groups is 2. The molecule has 1 unspecified atom stereocenters. The van der Waals surface area contributed by atoms with Crippen molar-refractivity contribution in [2.45, 2.75) is 30.6 Å². The first-order valence-electron chi connectivity index (χ1n) is 9.23. The van der Waals surface area contributed by atoms with Gasteiger partial charge in [0.05, 0.1) is 11.9 Å². The van der Waals surface area contributed by atoms with Crippen molar-refractivity contribution in [1.29, 1.82) is 0 Å². The van der Waals surface area contributed by atoms with Gasteiger partial charge in [-0.1, -0.05) is 6.07 Å². The summed E-state index contributed by atoms with van der Waals surface area (Å²) in [6.07, 6.45) is -6.73. The molecule has 0 radical (unpaired) electrons. The number of hydrogen-bond acceptors (Lipinski definition) is 12. The Morgan fingerprint density at radius 1 is 1.18 bits per heavy atom. The molecule has 1 aliphatic rings. The maximum absolute atomic E-state index is 13.0. The second kappa shape index (κ2) is 8.31. The number of fused-ring (bicyclic) bond motifs is 1. The zero-order valence-electron chi connectivity index (χ0n) is 16.4. The Morgan fingerprint density at radius 2 is 1.91 bits per heavy atom. The number of aliphatic hydroxyl groups excluding tert-OH is 2. The molecule has 8 N–H and O–H groups in total. The maximum atomic E-state index is 13.0. The quantitative estimate of drug-likeness (QED) is 0.124. The molecule has 0 aliphatic carbocycles. The number of imidazole rings is 1. The summed E-state index contributed by atoms with van der Waals surface area (Å²) in [7, 11) is -5.34. The Kier molecular flexibility index (Phi) is 5.79. The van der Waals surface area contributed by atoms with E-state index in [1.165, 1.54) is 17.0 Å². The predicted molar refractivity (Wildman–Crippen MR) is 107 cm³/mol. The third-order valence-electron chi connectivity index (χ3n) is 5.02. The largest absolute Gasteiger partial charge is 0.504 e. The van der Waals surface area contributed by atoms with Gasteiger partial charge in [0.25, 0.3) is 0 Å². The molecule has 5 atom stereocenters. The zero-order chi connectivity index (χ0) is 24.1. The number of ketones is 1. The van der Waals surface area contributed by atoms with Gasteiger partial charge in [0.15, 0.2) is 41.1 Å². The topological polar surface area (TPSA) is 244 Å². The van der Waals surface area contributed by atoms with Gasteiger partial charge in [-0.25, -0.2) is 19.5 Å². The third-order valence-corrected chi connectivity index (χ3v) is 5.53. The molecule has 1 fully saturated rings. The molecule has 1 aliphatic heterocycles. The first-order chi connectivity index (χ1) is 15.5. The van der Waals surface area contributed by atoms with Crippen LogP contribution >= 0.6 is 7.82 Å². The van der Waals surface area contributed by atoms with Crippen LogP contribution in [0.5, 0.6) is 11.5 Å². The summed E-state index contributed by atoms with van der Waals surface area (Å²) in [5, 5.41) is 40.8. The number of para-hydroxylation sites is 1. The number of phosphoric ester groups is 1. The fourth-order valence-electron chi connectivity index (χ4n) is 3.51. The van der Waals surface area contributed by atoms with Gasteiger partial charge >= 0.3 is 7.82 Å².